The summed E-state index contributed by atoms with van der Waals surface area (Å²) in [5.41, 5.74) is 4.23. The van der Waals surface area contributed by atoms with Gasteiger partial charge in [0.2, 0.25) is 11.8 Å². The standard InChI is InChI=1S/C26H24FN3O2S/c27-21-9-7-18(8-10-21)11-12-28-25(31)23-14-19-4-1-2-5-20(19)15-30(23)16-22-17-32-26(29-22)24-6-3-13-33-24/h1-10,13,17,23H,11-12,14-16H2,(H,28,31). The lowest BCUT2D eigenvalue weighted by Crippen LogP contribution is -2.50. The van der Waals surface area contributed by atoms with Gasteiger partial charge in [-0.3, -0.25) is 9.69 Å². The number of hydrogen-bond acceptors (Lipinski definition) is 5. The second-order valence-electron chi connectivity index (χ2n) is 8.18. The molecule has 0 bridgehead atoms. The van der Waals surface area contributed by atoms with Crippen molar-refractivity contribution in [3.05, 3.63) is 101 Å². The number of benzene rings is 2. The first-order valence-electron chi connectivity index (χ1n) is 11.0. The SMILES string of the molecule is O=C(NCCc1ccc(F)cc1)C1Cc2ccccc2CN1Cc1coc(-c2cccs2)n1. The Morgan fingerprint density at radius 2 is 1.94 bits per heavy atom. The molecule has 0 fully saturated rings. The summed E-state index contributed by atoms with van der Waals surface area (Å²) in [6, 6.07) is 18.3. The van der Waals surface area contributed by atoms with Crippen LogP contribution in [0.2, 0.25) is 0 Å². The van der Waals surface area contributed by atoms with Crippen LogP contribution in [0.25, 0.3) is 10.8 Å². The fraction of sp³-hybridized carbons (Fsp3) is 0.231. The first-order valence-corrected chi connectivity index (χ1v) is 11.8. The van der Waals surface area contributed by atoms with Gasteiger partial charge < -0.3 is 9.73 Å². The number of halogens is 1. The Morgan fingerprint density at radius 3 is 2.73 bits per heavy atom. The Labute approximate surface area is 195 Å². The maximum Gasteiger partial charge on any atom is 0.237 e. The Hall–Kier alpha value is -3.29. The van der Waals surface area contributed by atoms with Crippen LogP contribution in [-0.4, -0.2) is 28.4 Å². The van der Waals surface area contributed by atoms with Crippen LogP contribution < -0.4 is 5.32 Å². The number of nitrogens with zero attached hydrogens (tertiary/aromatic N) is 2. The van der Waals surface area contributed by atoms with E-state index in [1.165, 1.54) is 23.3 Å². The molecule has 5 nitrogen and oxygen atoms in total. The van der Waals surface area contributed by atoms with Crippen LogP contribution >= 0.6 is 11.3 Å². The Balaban J connectivity index is 1.29. The molecular weight excluding hydrogens is 437 g/mol. The van der Waals surface area contributed by atoms with Gasteiger partial charge in [0.25, 0.3) is 0 Å². The summed E-state index contributed by atoms with van der Waals surface area (Å²) in [6.45, 7) is 1.70. The lowest BCUT2D eigenvalue weighted by Gasteiger charge is -2.35. The molecule has 2 aromatic carbocycles. The van der Waals surface area contributed by atoms with Gasteiger partial charge in [0.15, 0.2) is 0 Å². The summed E-state index contributed by atoms with van der Waals surface area (Å²) in [5, 5.41) is 5.07. The van der Waals surface area contributed by atoms with E-state index in [1.807, 2.05) is 29.6 Å². The summed E-state index contributed by atoms with van der Waals surface area (Å²) in [5.74, 6) is 0.348. The zero-order chi connectivity index (χ0) is 22.6. The van der Waals surface area contributed by atoms with Crippen molar-refractivity contribution in [3.63, 3.8) is 0 Å². The van der Waals surface area contributed by atoms with Crippen molar-refractivity contribution in [2.24, 2.45) is 0 Å². The molecule has 0 radical (unpaired) electrons. The zero-order valence-corrected chi connectivity index (χ0v) is 18.9. The summed E-state index contributed by atoms with van der Waals surface area (Å²) >= 11 is 1.58. The van der Waals surface area contributed by atoms with Crippen LogP contribution in [0.5, 0.6) is 0 Å². The highest BCUT2D eigenvalue weighted by Gasteiger charge is 2.32. The number of nitrogens with one attached hydrogen (secondary N) is 1. The molecule has 0 saturated carbocycles. The van der Waals surface area contributed by atoms with Crippen molar-refractivity contribution in [3.8, 4) is 10.8 Å². The number of carbonyl (C=O) groups excluding carboxylic acids is 1. The van der Waals surface area contributed by atoms with Gasteiger partial charge in [-0.15, -0.1) is 11.3 Å². The minimum absolute atomic E-state index is 0.00594. The number of hydrogen-bond donors (Lipinski definition) is 1. The molecule has 33 heavy (non-hydrogen) atoms. The molecule has 0 aliphatic carbocycles. The monoisotopic (exact) mass is 461 g/mol. The van der Waals surface area contributed by atoms with Crippen molar-refractivity contribution < 1.29 is 13.6 Å². The molecule has 3 heterocycles. The number of amides is 1. The average Bonchev–Trinajstić information content (AvgIpc) is 3.52. The van der Waals surface area contributed by atoms with Gasteiger partial charge in [-0.1, -0.05) is 42.5 Å². The molecule has 1 N–H and O–H groups in total. The van der Waals surface area contributed by atoms with Gasteiger partial charge in [-0.05, 0) is 53.1 Å². The molecule has 2 aromatic heterocycles. The second kappa shape index (κ2) is 9.68. The molecule has 0 spiro atoms. The number of rotatable bonds is 7. The predicted octanol–water partition coefficient (Wildman–Crippen LogP) is 4.83. The lowest BCUT2D eigenvalue weighted by molar-refractivity contribution is -0.127. The first-order chi connectivity index (χ1) is 16.2. The summed E-state index contributed by atoms with van der Waals surface area (Å²) in [6.07, 6.45) is 2.98. The Kier molecular flexibility index (Phi) is 6.32. The number of thiophene rings is 1. The molecule has 0 saturated heterocycles. The Morgan fingerprint density at radius 1 is 1.12 bits per heavy atom. The fourth-order valence-corrected chi connectivity index (χ4v) is 4.86. The maximum atomic E-state index is 13.2. The van der Waals surface area contributed by atoms with Gasteiger partial charge in [0, 0.05) is 19.6 Å². The predicted molar refractivity (Wildman–Crippen MR) is 126 cm³/mol. The van der Waals surface area contributed by atoms with Gasteiger partial charge >= 0.3 is 0 Å². The van der Waals surface area contributed by atoms with E-state index >= 15 is 0 Å². The van der Waals surface area contributed by atoms with Crippen molar-refractivity contribution >= 4 is 17.2 Å². The molecule has 5 rings (SSSR count). The second-order valence-corrected chi connectivity index (χ2v) is 9.13. The topological polar surface area (TPSA) is 58.4 Å². The number of oxazole rings is 1. The van der Waals surface area contributed by atoms with Crippen LogP contribution in [0.1, 0.15) is 22.4 Å². The third-order valence-electron chi connectivity index (χ3n) is 5.92. The van der Waals surface area contributed by atoms with E-state index in [4.69, 9.17) is 4.42 Å². The number of carbonyl (C=O) groups is 1. The highest BCUT2D eigenvalue weighted by atomic mass is 32.1. The van der Waals surface area contributed by atoms with Gasteiger partial charge in [-0.25, -0.2) is 9.37 Å². The zero-order valence-electron chi connectivity index (χ0n) is 18.0. The van der Waals surface area contributed by atoms with E-state index in [9.17, 15) is 9.18 Å². The highest BCUT2D eigenvalue weighted by molar-refractivity contribution is 7.13. The fourth-order valence-electron chi connectivity index (χ4n) is 4.20. The van der Waals surface area contributed by atoms with Crippen LogP contribution in [0, 0.1) is 5.82 Å². The molecule has 7 heteroatoms. The van der Waals surface area contributed by atoms with Crippen molar-refractivity contribution in [2.75, 3.05) is 6.54 Å². The van der Waals surface area contributed by atoms with Crippen LogP contribution in [0.4, 0.5) is 4.39 Å². The van der Waals surface area contributed by atoms with Crippen LogP contribution in [0.3, 0.4) is 0 Å². The van der Waals surface area contributed by atoms with E-state index in [0.29, 0.717) is 38.4 Å². The van der Waals surface area contributed by atoms with Gasteiger partial charge in [-0.2, -0.15) is 0 Å². The third-order valence-corrected chi connectivity index (χ3v) is 6.78. The normalized spacial score (nSPS) is 15.8. The first kappa shape index (κ1) is 21.6. The quantitative estimate of drug-likeness (QED) is 0.428. The number of fused-ring (bicyclic) bond motifs is 1. The summed E-state index contributed by atoms with van der Waals surface area (Å²) in [7, 11) is 0. The molecule has 1 aliphatic rings. The van der Waals surface area contributed by atoms with E-state index in [0.717, 1.165) is 16.1 Å². The molecule has 1 aliphatic heterocycles. The van der Waals surface area contributed by atoms with Crippen molar-refractivity contribution in [1.29, 1.82) is 0 Å². The van der Waals surface area contributed by atoms with E-state index in [1.54, 1.807) is 29.7 Å². The summed E-state index contributed by atoms with van der Waals surface area (Å²) < 4.78 is 18.8. The third kappa shape index (κ3) is 5.05. The maximum absolute atomic E-state index is 13.2. The molecule has 4 aromatic rings. The highest BCUT2D eigenvalue weighted by Crippen LogP contribution is 2.27. The van der Waals surface area contributed by atoms with Crippen LogP contribution in [-0.2, 0) is 30.7 Å². The van der Waals surface area contributed by atoms with Crippen molar-refractivity contribution in [2.45, 2.75) is 32.0 Å². The number of aromatic nitrogens is 1. The smallest absolute Gasteiger partial charge is 0.237 e. The van der Waals surface area contributed by atoms with E-state index < -0.39 is 0 Å². The van der Waals surface area contributed by atoms with Gasteiger partial charge in [0.1, 0.15) is 12.1 Å². The minimum atomic E-state index is -0.296. The average molecular weight is 462 g/mol. The molecular formula is C26H24FN3O2S. The molecule has 168 valence electrons. The molecule has 1 atom stereocenters. The Bertz CT molecular complexity index is 1220. The largest absolute Gasteiger partial charge is 0.444 e. The molecule has 1 unspecified atom stereocenters. The minimum Gasteiger partial charge on any atom is -0.444 e. The lowest BCUT2D eigenvalue weighted by atomic mass is 9.93. The van der Waals surface area contributed by atoms with Crippen molar-refractivity contribution in [1.82, 2.24) is 15.2 Å². The van der Waals surface area contributed by atoms with E-state index in [2.05, 4.69) is 27.3 Å². The van der Waals surface area contributed by atoms with E-state index in [-0.39, 0.29) is 17.8 Å². The molecule has 1 amide bonds. The van der Waals surface area contributed by atoms with Crippen LogP contribution in [0.15, 0.2) is 76.7 Å². The van der Waals surface area contributed by atoms with Gasteiger partial charge in [0.05, 0.1) is 16.6 Å². The summed E-state index contributed by atoms with van der Waals surface area (Å²) in [4.78, 5) is 21.0.